The van der Waals surface area contributed by atoms with Gasteiger partial charge in [-0.25, -0.2) is 4.68 Å². The van der Waals surface area contributed by atoms with Crippen LogP contribution in [0.3, 0.4) is 0 Å². The monoisotopic (exact) mass is 337 g/mol. The van der Waals surface area contributed by atoms with E-state index in [-0.39, 0.29) is 29.0 Å². The highest BCUT2D eigenvalue weighted by Crippen LogP contribution is 2.48. The van der Waals surface area contributed by atoms with Gasteiger partial charge in [0.25, 0.3) is 0 Å². The van der Waals surface area contributed by atoms with E-state index in [4.69, 9.17) is 4.52 Å². The third kappa shape index (κ3) is 2.15. The third-order valence-corrected chi connectivity index (χ3v) is 4.06. The Labute approximate surface area is 126 Å². The summed E-state index contributed by atoms with van der Waals surface area (Å²) in [5.74, 6) is -0.660. The zero-order chi connectivity index (χ0) is 17.2. The van der Waals surface area contributed by atoms with Crippen LogP contribution in [0.2, 0.25) is 0 Å². The van der Waals surface area contributed by atoms with E-state index in [9.17, 15) is 27.1 Å². The van der Waals surface area contributed by atoms with E-state index in [2.05, 4.69) is 10.3 Å². The zero-order valence-electron chi connectivity index (χ0n) is 12.0. The van der Waals surface area contributed by atoms with Crippen LogP contribution in [0, 0.1) is 0 Å². The molecular weight excluding hydrogens is 325 g/mol. The van der Waals surface area contributed by atoms with Gasteiger partial charge in [-0.15, -0.1) is 0 Å². The molecule has 0 saturated carbocycles. The minimum atomic E-state index is -4.95. The lowest BCUT2D eigenvalue weighted by atomic mass is 9.82. The quantitative estimate of drug-likeness (QED) is 0.854. The Bertz CT molecular complexity index is 747. The maximum Gasteiger partial charge on any atom is 0.422 e. The van der Waals surface area contributed by atoms with E-state index < -0.39 is 29.9 Å². The van der Waals surface area contributed by atoms with E-state index in [0.717, 1.165) is 6.20 Å². The number of aliphatic hydroxyl groups is 1. The lowest BCUT2D eigenvalue weighted by molar-refractivity contribution is -0.261. The SMILES string of the molecule is C[C@@H]1Cc2c(cnn2C(F)F)-c2onc([C@](C)(O)C(F)(F)F)c21. The fraction of sp³-hybridized carbons (Fsp3) is 0.538. The van der Waals surface area contributed by atoms with E-state index in [0.29, 0.717) is 11.6 Å². The summed E-state index contributed by atoms with van der Waals surface area (Å²) in [4.78, 5) is 0. The van der Waals surface area contributed by atoms with Crippen LogP contribution < -0.4 is 0 Å². The molecule has 0 spiro atoms. The molecule has 1 aliphatic carbocycles. The minimum absolute atomic E-state index is 0.0365. The molecule has 2 aromatic heterocycles. The molecule has 0 aromatic carbocycles. The molecule has 3 rings (SSSR count). The van der Waals surface area contributed by atoms with Crippen molar-refractivity contribution >= 4 is 0 Å². The fourth-order valence-corrected chi connectivity index (χ4v) is 2.77. The van der Waals surface area contributed by atoms with Gasteiger partial charge in [0.15, 0.2) is 5.76 Å². The van der Waals surface area contributed by atoms with Gasteiger partial charge in [0.1, 0.15) is 5.69 Å². The standard InChI is InChI=1S/C13H12F5N3O2/c1-5-3-7-6(4-19-21(7)11(14)15)9-8(5)10(20-23-9)12(2,22)13(16,17)18/h4-5,11,22H,3H2,1-2H3/t5-,12+/m1/s1. The number of nitrogens with zero attached hydrogens (tertiary/aromatic N) is 3. The Morgan fingerprint density at radius 1 is 1.39 bits per heavy atom. The van der Waals surface area contributed by atoms with Crippen molar-refractivity contribution in [2.24, 2.45) is 0 Å². The van der Waals surface area contributed by atoms with Crippen LogP contribution in [0.1, 0.15) is 43.3 Å². The van der Waals surface area contributed by atoms with Crippen molar-refractivity contribution in [1.29, 1.82) is 0 Å². The van der Waals surface area contributed by atoms with Crippen molar-refractivity contribution in [2.75, 3.05) is 0 Å². The van der Waals surface area contributed by atoms with Gasteiger partial charge in [0.2, 0.25) is 5.60 Å². The number of alkyl halides is 5. The first-order chi connectivity index (χ1) is 10.6. The average molecular weight is 337 g/mol. The maximum absolute atomic E-state index is 13.1. The van der Waals surface area contributed by atoms with Crippen molar-refractivity contribution < 1.29 is 31.6 Å². The highest BCUT2D eigenvalue weighted by atomic mass is 19.4. The highest BCUT2D eigenvalue weighted by Gasteiger charge is 2.55. The van der Waals surface area contributed by atoms with Gasteiger partial charge >= 0.3 is 12.7 Å². The van der Waals surface area contributed by atoms with Crippen molar-refractivity contribution in [1.82, 2.24) is 14.9 Å². The van der Waals surface area contributed by atoms with E-state index in [1.807, 2.05) is 0 Å². The molecule has 2 aromatic rings. The molecule has 0 saturated heterocycles. The Kier molecular flexibility index (Phi) is 3.29. The molecular formula is C13H12F5N3O2. The first-order valence-electron chi connectivity index (χ1n) is 6.69. The van der Waals surface area contributed by atoms with Gasteiger partial charge in [-0.1, -0.05) is 12.1 Å². The number of halogens is 5. The summed E-state index contributed by atoms with van der Waals surface area (Å²) in [5, 5.41) is 16.8. The molecule has 0 fully saturated rings. The molecule has 10 heteroatoms. The van der Waals surface area contributed by atoms with E-state index >= 15 is 0 Å². The second kappa shape index (κ2) is 4.76. The van der Waals surface area contributed by atoms with Gasteiger partial charge in [0, 0.05) is 5.56 Å². The second-order valence-electron chi connectivity index (χ2n) is 5.68. The van der Waals surface area contributed by atoms with E-state index in [1.54, 1.807) is 6.92 Å². The van der Waals surface area contributed by atoms with Gasteiger partial charge < -0.3 is 9.63 Å². The van der Waals surface area contributed by atoms with Gasteiger partial charge in [-0.2, -0.15) is 27.1 Å². The van der Waals surface area contributed by atoms with Crippen LogP contribution in [-0.2, 0) is 12.0 Å². The van der Waals surface area contributed by atoms with Gasteiger partial charge in [-0.3, -0.25) is 0 Å². The summed E-state index contributed by atoms with van der Waals surface area (Å²) in [5.41, 5.74) is -3.46. The Morgan fingerprint density at radius 3 is 2.61 bits per heavy atom. The van der Waals surface area contributed by atoms with E-state index in [1.165, 1.54) is 0 Å². The molecule has 0 bridgehead atoms. The largest absolute Gasteiger partial charge is 0.422 e. The van der Waals surface area contributed by atoms with Crippen molar-refractivity contribution in [2.45, 2.75) is 44.5 Å². The first kappa shape index (κ1) is 15.9. The van der Waals surface area contributed by atoms with Gasteiger partial charge in [0.05, 0.1) is 17.5 Å². The maximum atomic E-state index is 13.1. The Hall–Kier alpha value is -1.97. The van der Waals surface area contributed by atoms with Crippen LogP contribution in [-0.4, -0.2) is 26.2 Å². The molecule has 126 valence electrons. The number of hydrogen-bond donors (Lipinski definition) is 1. The summed E-state index contributed by atoms with van der Waals surface area (Å²) in [6, 6.07) is 0. The molecule has 0 radical (unpaired) electrons. The molecule has 2 heterocycles. The predicted molar refractivity (Wildman–Crippen MR) is 66.7 cm³/mol. The molecule has 2 atom stereocenters. The molecule has 5 nitrogen and oxygen atoms in total. The lowest BCUT2D eigenvalue weighted by Crippen LogP contribution is -2.40. The highest BCUT2D eigenvalue weighted by molar-refractivity contribution is 5.68. The van der Waals surface area contributed by atoms with Crippen LogP contribution in [0.4, 0.5) is 22.0 Å². The van der Waals surface area contributed by atoms with Crippen LogP contribution in [0.5, 0.6) is 0 Å². The normalized spacial score (nSPS) is 20.3. The number of aromatic nitrogens is 3. The summed E-state index contributed by atoms with van der Waals surface area (Å²) < 4.78 is 70.4. The van der Waals surface area contributed by atoms with Crippen LogP contribution in [0.25, 0.3) is 11.3 Å². The van der Waals surface area contributed by atoms with Crippen LogP contribution >= 0.6 is 0 Å². The summed E-state index contributed by atoms with van der Waals surface area (Å²) in [6.45, 7) is -0.735. The minimum Gasteiger partial charge on any atom is -0.375 e. The third-order valence-electron chi connectivity index (χ3n) is 4.06. The molecule has 0 aliphatic heterocycles. The Balaban J connectivity index is 2.18. The molecule has 1 N–H and O–H groups in total. The van der Waals surface area contributed by atoms with Crippen LogP contribution in [0.15, 0.2) is 10.7 Å². The molecule has 0 amide bonds. The number of fused-ring (bicyclic) bond motifs is 3. The zero-order valence-corrected chi connectivity index (χ0v) is 12.0. The average Bonchev–Trinajstić information content (AvgIpc) is 3.00. The van der Waals surface area contributed by atoms with Crippen molar-refractivity contribution in [3.63, 3.8) is 0 Å². The second-order valence-corrected chi connectivity index (χ2v) is 5.68. The summed E-state index contributed by atoms with van der Waals surface area (Å²) in [7, 11) is 0. The Morgan fingerprint density at radius 2 is 2.04 bits per heavy atom. The molecule has 0 unspecified atom stereocenters. The fourth-order valence-electron chi connectivity index (χ4n) is 2.77. The smallest absolute Gasteiger partial charge is 0.375 e. The van der Waals surface area contributed by atoms with Crippen molar-refractivity contribution in [3.8, 4) is 11.3 Å². The summed E-state index contributed by atoms with van der Waals surface area (Å²) in [6.07, 6.45) is -3.82. The topological polar surface area (TPSA) is 64.1 Å². The summed E-state index contributed by atoms with van der Waals surface area (Å²) >= 11 is 0. The number of rotatable bonds is 2. The first-order valence-corrected chi connectivity index (χ1v) is 6.69. The predicted octanol–water partition coefficient (Wildman–Crippen LogP) is 3.36. The van der Waals surface area contributed by atoms with Gasteiger partial charge in [-0.05, 0) is 19.3 Å². The van der Waals surface area contributed by atoms with Crippen molar-refractivity contribution in [3.05, 3.63) is 23.1 Å². The molecule has 1 aliphatic rings. The molecule has 23 heavy (non-hydrogen) atoms. The number of hydrogen-bond acceptors (Lipinski definition) is 4. The lowest BCUT2D eigenvalue weighted by Gasteiger charge is -2.27.